The Balaban J connectivity index is 0.000000948. The molecule has 2 heterocycles. The van der Waals surface area contributed by atoms with E-state index < -0.39 is 0 Å². The average Bonchev–Trinajstić information content (AvgIpc) is 2.79. The number of pyridine rings is 1. The number of hydrogen-bond donors (Lipinski definition) is 0. The molecule has 1 saturated heterocycles. The zero-order chi connectivity index (χ0) is 18.7. The van der Waals surface area contributed by atoms with Gasteiger partial charge in [-0.2, -0.15) is 0 Å². The molecule has 0 saturated carbocycles. The van der Waals surface area contributed by atoms with Crippen molar-refractivity contribution in [3.8, 4) is 0 Å². The van der Waals surface area contributed by atoms with Crippen LogP contribution < -0.4 is 0 Å². The van der Waals surface area contributed by atoms with Crippen LogP contribution >= 0.6 is 27.5 Å². The van der Waals surface area contributed by atoms with Crippen LogP contribution in [0.25, 0.3) is 5.57 Å². The van der Waals surface area contributed by atoms with Crippen LogP contribution in [0.1, 0.15) is 49.1 Å². The number of fused-ring (bicyclic) bond motifs is 2. The van der Waals surface area contributed by atoms with Gasteiger partial charge in [0.1, 0.15) is 0 Å². The zero-order valence-electron chi connectivity index (χ0n) is 15.8. The van der Waals surface area contributed by atoms with Crippen molar-refractivity contribution in [2.75, 3.05) is 20.1 Å². The third kappa shape index (κ3) is 4.05. The number of benzene rings is 1. The zero-order valence-corrected chi connectivity index (χ0v) is 18.1. The summed E-state index contributed by atoms with van der Waals surface area (Å²) in [7, 11) is 2.20. The van der Waals surface area contributed by atoms with E-state index in [1.54, 1.807) is 0 Å². The van der Waals surface area contributed by atoms with E-state index in [1.807, 2.05) is 26.1 Å². The minimum Gasteiger partial charge on any atom is -0.302 e. The number of likely N-dealkylation sites (N-methyl/N-ethyl adjacent to an activating group) is 1. The minimum atomic E-state index is 0.818. The molecule has 0 amide bonds. The molecule has 138 valence electrons. The first-order valence-electron chi connectivity index (χ1n) is 9.46. The van der Waals surface area contributed by atoms with Crippen molar-refractivity contribution in [1.29, 1.82) is 0 Å². The monoisotopic (exact) mass is 432 g/mol. The Morgan fingerprint density at radius 1 is 1.08 bits per heavy atom. The molecular weight excluding hydrogens is 408 g/mol. The Labute approximate surface area is 170 Å². The maximum Gasteiger partial charge on any atom is 0.0741 e. The third-order valence-electron chi connectivity index (χ3n) is 5.00. The fraction of sp³-hybridized carbons (Fsp3) is 0.409. The second-order valence-corrected chi connectivity index (χ2v) is 8.13. The Morgan fingerprint density at radius 3 is 2.62 bits per heavy atom. The summed E-state index contributed by atoms with van der Waals surface area (Å²) in [6.07, 6.45) is 6.30. The first-order valence-corrected chi connectivity index (χ1v) is 10.6. The molecule has 0 radical (unpaired) electrons. The number of hydrogen-bond acceptors (Lipinski definition) is 2. The summed E-state index contributed by atoms with van der Waals surface area (Å²) >= 11 is 9.86. The van der Waals surface area contributed by atoms with Crippen LogP contribution in [0.4, 0.5) is 0 Å². The molecule has 1 aliphatic carbocycles. The number of aryl methyl sites for hydroxylation is 2. The predicted octanol–water partition coefficient (Wildman–Crippen LogP) is 6.15. The summed E-state index contributed by atoms with van der Waals surface area (Å²) in [5.74, 6) is 0. The summed E-state index contributed by atoms with van der Waals surface area (Å²) in [4.78, 5) is 7.23. The van der Waals surface area contributed by atoms with Gasteiger partial charge in [-0.15, -0.1) is 0 Å². The largest absolute Gasteiger partial charge is 0.302 e. The van der Waals surface area contributed by atoms with Crippen molar-refractivity contribution in [3.63, 3.8) is 0 Å². The van der Waals surface area contributed by atoms with Crippen molar-refractivity contribution < 1.29 is 0 Å². The summed E-state index contributed by atoms with van der Waals surface area (Å²) in [5.41, 5.74) is 7.99. The molecule has 0 spiro atoms. The van der Waals surface area contributed by atoms with Gasteiger partial charge in [-0.25, -0.2) is 0 Å². The SMILES string of the molecule is CC.CN1CCC/C(=C2/c3ccc(Cl)cc3CCc3cc(Br)cnc32)C1. The van der Waals surface area contributed by atoms with E-state index in [9.17, 15) is 0 Å². The molecule has 26 heavy (non-hydrogen) atoms. The highest BCUT2D eigenvalue weighted by atomic mass is 79.9. The van der Waals surface area contributed by atoms with E-state index in [0.29, 0.717) is 0 Å². The molecule has 4 heteroatoms. The van der Waals surface area contributed by atoms with Gasteiger partial charge in [-0.05, 0) is 95.7 Å². The molecule has 4 rings (SSSR count). The van der Waals surface area contributed by atoms with E-state index in [0.717, 1.165) is 41.0 Å². The summed E-state index contributed by atoms with van der Waals surface area (Å²) in [5, 5.41) is 0.818. The van der Waals surface area contributed by atoms with Gasteiger partial charge in [0.25, 0.3) is 0 Å². The summed E-state index contributed by atoms with van der Waals surface area (Å²) < 4.78 is 1.05. The molecule has 0 unspecified atom stereocenters. The lowest BCUT2D eigenvalue weighted by atomic mass is 9.89. The number of piperidine rings is 1. The lowest BCUT2D eigenvalue weighted by Gasteiger charge is -2.27. The summed E-state index contributed by atoms with van der Waals surface area (Å²) in [6.45, 7) is 6.19. The molecule has 2 nitrogen and oxygen atoms in total. The van der Waals surface area contributed by atoms with Crippen molar-refractivity contribution in [1.82, 2.24) is 9.88 Å². The van der Waals surface area contributed by atoms with Gasteiger partial charge in [0.05, 0.1) is 5.69 Å². The van der Waals surface area contributed by atoms with Crippen LogP contribution in [0.3, 0.4) is 0 Å². The van der Waals surface area contributed by atoms with Gasteiger partial charge in [-0.3, -0.25) is 4.98 Å². The van der Waals surface area contributed by atoms with Gasteiger partial charge in [0.15, 0.2) is 0 Å². The molecule has 1 aromatic heterocycles. The number of aromatic nitrogens is 1. The van der Waals surface area contributed by atoms with Crippen LogP contribution in [0.2, 0.25) is 5.02 Å². The van der Waals surface area contributed by atoms with Crippen molar-refractivity contribution >= 4 is 33.1 Å². The Kier molecular flexibility index (Phi) is 6.55. The Hall–Kier alpha value is -1.16. The molecule has 1 aliphatic heterocycles. The normalized spacial score (nSPS) is 19.7. The van der Waals surface area contributed by atoms with Gasteiger partial charge in [-0.1, -0.05) is 31.5 Å². The van der Waals surface area contributed by atoms with Gasteiger partial charge < -0.3 is 4.90 Å². The van der Waals surface area contributed by atoms with E-state index in [2.05, 4.69) is 46.1 Å². The fourth-order valence-electron chi connectivity index (χ4n) is 3.92. The molecule has 0 atom stereocenters. The lowest BCUT2D eigenvalue weighted by Crippen LogP contribution is -2.28. The van der Waals surface area contributed by atoms with E-state index in [1.165, 1.54) is 40.8 Å². The maximum atomic E-state index is 6.28. The summed E-state index contributed by atoms with van der Waals surface area (Å²) in [6, 6.07) is 8.55. The van der Waals surface area contributed by atoms with E-state index in [4.69, 9.17) is 16.6 Å². The molecule has 1 aromatic carbocycles. The second kappa shape index (κ2) is 8.69. The van der Waals surface area contributed by atoms with Crippen LogP contribution in [-0.4, -0.2) is 30.0 Å². The smallest absolute Gasteiger partial charge is 0.0741 e. The molecular formula is C22H26BrClN2. The van der Waals surface area contributed by atoms with Gasteiger partial charge in [0, 0.05) is 27.8 Å². The topological polar surface area (TPSA) is 16.1 Å². The highest BCUT2D eigenvalue weighted by molar-refractivity contribution is 9.10. The molecule has 2 aromatic rings. The van der Waals surface area contributed by atoms with Gasteiger partial charge in [0.2, 0.25) is 0 Å². The average molecular weight is 434 g/mol. The highest BCUT2D eigenvalue weighted by Gasteiger charge is 2.24. The first kappa shape index (κ1) is 19.6. The number of halogens is 2. The first-order chi connectivity index (χ1) is 12.6. The lowest BCUT2D eigenvalue weighted by molar-refractivity contribution is 0.323. The highest BCUT2D eigenvalue weighted by Crippen LogP contribution is 2.38. The minimum absolute atomic E-state index is 0.818. The third-order valence-corrected chi connectivity index (χ3v) is 5.67. The van der Waals surface area contributed by atoms with Crippen molar-refractivity contribution in [2.45, 2.75) is 39.5 Å². The van der Waals surface area contributed by atoms with Crippen molar-refractivity contribution in [3.05, 3.63) is 67.9 Å². The standard InChI is InChI=1S/C20H20BrClN2.C2H6/c1-24-8-2-3-15(12-24)19-18-7-6-17(22)10-13(18)4-5-14-9-16(21)11-23-20(14)19;1-2/h6-7,9-11H,2-5,8,12H2,1H3;1-2H3/b19-15+;. The molecule has 0 bridgehead atoms. The fourth-order valence-corrected chi connectivity index (χ4v) is 4.49. The van der Waals surface area contributed by atoms with Crippen LogP contribution in [0, 0.1) is 0 Å². The van der Waals surface area contributed by atoms with Crippen LogP contribution in [0.5, 0.6) is 0 Å². The number of likely N-dealkylation sites (tertiary alicyclic amines) is 1. The number of rotatable bonds is 0. The predicted molar refractivity (Wildman–Crippen MR) is 115 cm³/mol. The van der Waals surface area contributed by atoms with Crippen LogP contribution in [0.15, 0.2) is 40.5 Å². The Bertz CT molecular complexity index is 773. The quantitative estimate of drug-likeness (QED) is 0.495. The van der Waals surface area contributed by atoms with Crippen LogP contribution in [-0.2, 0) is 12.8 Å². The van der Waals surface area contributed by atoms with E-state index >= 15 is 0 Å². The second-order valence-electron chi connectivity index (χ2n) is 6.78. The molecule has 0 N–H and O–H groups in total. The Morgan fingerprint density at radius 2 is 1.85 bits per heavy atom. The number of nitrogens with zero attached hydrogens (tertiary/aromatic N) is 2. The molecule has 2 aliphatic rings. The van der Waals surface area contributed by atoms with Crippen molar-refractivity contribution in [2.24, 2.45) is 0 Å². The van der Waals surface area contributed by atoms with E-state index in [-0.39, 0.29) is 0 Å². The maximum absolute atomic E-state index is 6.28. The molecule has 1 fully saturated rings. The van der Waals surface area contributed by atoms with Gasteiger partial charge >= 0.3 is 0 Å².